The molecule has 15 heavy (non-hydrogen) atoms. The van der Waals surface area contributed by atoms with Crippen LogP contribution in [0, 0.1) is 5.92 Å². The van der Waals surface area contributed by atoms with Gasteiger partial charge < -0.3 is 0 Å². The van der Waals surface area contributed by atoms with Crippen LogP contribution >= 0.6 is 0 Å². The summed E-state index contributed by atoms with van der Waals surface area (Å²) < 4.78 is 0. The Kier molecular flexibility index (Phi) is 2.90. The third-order valence-corrected chi connectivity index (χ3v) is 2.79. The number of carbonyl (C=O) groups is 2. The van der Waals surface area contributed by atoms with Crippen molar-refractivity contribution in [2.45, 2.75) is 25.7 Å². The Labute approximate surface area is 88.5 Å². The molecule has 1 aromatic heterocycles. The largest absolute Gasteiger partial charge is 0.299 e. The molecule has 0 amide bonds. The van der Waals surface area contributed by atoms with Gasteiger partial charge >= 0.3 is 0 Å². The molecule has 0 bridgehead atoms. The maximum atomic E-state index is 11.9. The quantitative estimate of drug-likeness (QED) is 0.545. The maximum absolute atomic E-state index is 11.9. The minimum atomic E-state index is -0.436. The summed E-state index contributed by atoms with van der Waals surface area (Å²) in [4.78, 5) is 27.5. The average Bonchev–Trinajstić information content (AvgIpc) is 2.30. The number of ketones is 2. The van der Waals surface area contributed by atoms with Crippen LogP contribution in [0.4, 0.5) is 0 Å². The fourth-order valence-corrected chi connectivity index (χ4v) is 1.95. The van der Waals surface area contributed by atoms with Gasteiger partial charge in [0, 0.05) is 12.6 Å². The molecule has 1 atom stereocenters. The molecule has 0 aliphatic heterocycles. The number of hydrogen-bond donors (Lipinski definition) is 0. The molecule has 78 valence electrons. The van der Waals surface area contributed by atoms with Gasteiger partial charge in [-0.3, -0.25) is 14.6 Å². The molecule has 0 spiro atoms. The zero-order valence-electron chi connectivity index (χ0n) is 8.48. The van der Waals surface area contributed by atoms with E-state index in [-0.39, 0.29) is 11.6 Å². The van der Waals surface area contributed by atoms with Crippen LogP contribution < -0.4 is 0 Å². The van der Waals surface area contributed by atoms with Crippen molar-refractivity contribution < 1.29 is 9.59 Å². The number of rotatable bonds is 2. The van der Waals surface area contributed by atoms with E-state index in [1.54, 1.807) is 24.4 Å². The minimum Gasteiger partial charge on any atom is -0.299 e. The van der Waals surface area contributed by atoms with Crippen LogP contribution in [0.25, 0.3) is 0 Å². The topological polar surface area (TPSA) is 47.0 Å². The van der Waals surface area contributed by atoms with Gasteiger partial charge in [0.2, 0.25) is 0 Å². The zero-order chi connectivity index (χ0) is 10.7. The number of hydrogen-bond acceptors (Lipinski definition) is 3. The van der Waals surface area contributed by atoms with Gasteiger partial charge in [-0.1, -0.05) is 12.5 Å². The average molecular weight is 203 g/mol. The van der Waals surface area contributed by atoms with Crippen LogP contribution in [0.5, 0.6) is 0 Å². The first-order valence-electron chi connectivity index (χ1n) is 5.27. The number of aromatic nitrogens is 1. The van der Waals surface area contributed by atoms with Gasteiger partial charge in [0.25, 0.3) is 0 Å². The molecule has 1 heterocycles. The Morgan fingerprint density at radius 1 is 1.33 bits per heavy atom. The van der Waals surface area contributed by atoms with Crippen LogP contribution in [0.15, 0.2) is 24.4 Å². The molecule has 1 aromatic rings. The molecule has 0 aromatic carbocycles. The van der Waals surface area contributed by atoms with E-state index in [9.17, 15) is 9.59 Å². The molecule has 0 N–H and O–H groups in total. The fraction of sp³-hybridized carbons (Fsp3) is 0.417. The Morgan fingerprint density at radius 3 is 2.87 bits per heavy atom. The van der Waals surface area contributed by atoms with Crippen molar-refractivity contribution in [2.75, 3.05) is 0 Å². The second-order valence-electron chi connectivity index (χ2n) is 3.84. The zero-order valence-corrected chi connectivity index (χ0v) is 8.48. The molecule has 0 saturated heterocycles. The summed E-state index contributed by atoms with van der Waals surface area (Å²) in [7, 11) is 0. The van der Waals surface area contributed by atoms with Crippen LogP contribution in [0.1, 0.15) is 36.2 Å². The lowest BCUT2D eigenvalue weighted by Crippen LogP contribution is -2.27. The van der Waals surface area contributed by atoms with Gasteiger partial charge in [-0.15, -0.1) is 0 Å². The molecule has 1 fully saturated rings. The third-order valence-electron chi connectivity index (χ3n) is 2.79. The van der Waals surface area contributed by atoms with Gasteiger partial charge in [0.15, 0.2) is 5.78 Å². The van der Waals surface area contributed by atoms with Crippen molar-refractivity contribution in [3.8, 4) is 0 Å². The highest BCUT2D eigenvalue weighted by Crippen LogP contribution is 2.23. The molecule has 3 heteroatoms. The Morgan fingerprint density at radius 2 is 2.20 bits per heavy atom. The van der Waals surface area contributed by atoms with E-state index in [2.05, 4.69) is 4.98 Å². The Bertz CT molecular complexity index is 372. The van der Waals surface area contributed by atoms with Crippen molar-refractivity contribution in [1.29, 1.82) is 0 Å². The number of carbonyl (C=O) groups excluding carboxylic acids is 2. The second kappa shape index (κ2) is 4.34. The lowest BCUT2D eigenvalue weighted by Gasteiger charge is -2.18. The van der Waals surface area contributed by atoms with Crippen LogP contribution in [-0.4, -0.2) is 16.6 Å². The predicted octanol–water partition coefficient (Wildman–Crippen LogP) is 2.02. The number of Topliss-reactive ketones (excluding diaryl/α,β-unsaturated/α-hetero) is 2. The molecule has 0 radical (unpaired) electrons. The van der Waals surface area contributed by atoms with Gasteiger partial charge in [-0.2, -0.15) is 0 Å². The first-order chi connectivity index (χ1) is 7.29. The van der Waals surface area contributed by atoms with Crippen LogP contribution in [0.2, 0.25) is 0 Å². The summed E-state index contributed by atoms with van der Waals surface area (Å²) in [5, 5.41) is 0. The molecule has 1 aliphatic carbocycles. The monoisotopic (exact) mass is 203 g/mol. The van der Waals surface area contributed by atoms with Gasteiger partial charge in [0.1, 0.15) is 11.5 Å². The Balaban J connectivity index is 2.17. The number of nitrogens with zero attached hydrogens (tertiary/aromatic N) is 1. The molecule has 1 unspecified atom stereocenters. The van der Waals surface area contributed by atoms with E-state index in [1.807, 2.05) is 0 Å². The number of pyridine rings is 1. The summed E-state index contributed by atoms with van der Waals surface area (Å²) >= 11 is 0. The Hall–Kier alpha value is -1.51. The molecule has 1 saturated carbocycles. The highest BCUT2D eigenvalue weighted by Gasteiger charge is 2.29. The summed E-state index contributed by atoms with van der Waals surface area (Å²) in [6.07, 6.45) is 4.71. The first-order valence-corrected chi connectivity index (χ1v) is 5.27. The predicted molar refractivity (Wildman–Crippen MR) is 55.5 cm³/mol. The molecule has 3 nitrogen and oxygen atoms in total. The molecule has 1 aliphatic rings. The SMILES string of the molecule is O=C1CCCCC1C(=O)c1ccccn1. The van der Waals surface area contributed by atoms with Crippen molar-refractivity contribution >= 4 is 11.6 Å². The highest BCUT2D eigenvalue weighted by molar-refractivity contribution is 6.09. The van der Waals surface area contributed by atoms with Crippen molar-refractivity contribution in [2.24, 2.45) is 5.92 Å². The first kappa shape index (κ1) is 10.0. The lowest BCUT2D eigenvalue weighted by atomic mass is 9.84. The van der Waals surface area contributed by atoms with E-state index >= 15 is 0 Å². The summed E-state index contributed by atoms with van der Waals surface area (Å²) in [5.74, 6) is -0.467. The van der Waals surface area contributed by atoms with Crippen molar-refractivity contribution in [3.05, 3.63) is 30.1 Å². The smallest absolute Gasteiger partial charge is 0.191 e. The summed E-state index contributed by atoms with van der Waals surface area (Å²) in [6.45, 7) is 0. The van der Waals surface area contributed by atoms with Gasteiger partial charge in [-0.25, -0.2) is 0 Å². The van der Waals surface area contributed by atoms with E-state index in [4.69, 9.17) is 0 Å². The van der Waals surface area contributed by atoms with E-state index < -0.39 is 5.92 Å². The van der Waals surface area contributed by atoms with Gasteiger partial charge in [-0.05, 0) is 25.0 Å². The van der Waals surface area contributed by atoms with E-state index in [0.717, 1.165) is 12.8 Å². The second-order valence-corrected chi connectivity index (χ2v) is 3.84. The van der Waals surface area contributed by atoms with E-state index in [0.29, 0.717) is 18.5 Å². The molecular weight excluding hydrogens is 190 g/mol. The van der Waals surface area contributed by atoms with E-state index in [1.165, 1.54) is 0 Å². The van der Waals surface area contributed by atoms with Crippen molar-refractivity contribution in [1.82, 2.24) is 4.98 Å². The highest BCUT2D eigenvalue weighted by atomic mass is 16.2. The fourth-order valence-electron chi connectivity index (χ4n) is 1.95. The van der Waals surface area contributed by atoms with Crippen molar-refractivity contribution in [3.63, 3.8) is 0 Å². The van der Waals surface area contributed by atoms with Crippen LogP contribution in [-0.2, 0) is 4.79 Å². The lowest BCUT2D eigenvalue weighted by molar-refractivity contribution is -0.122. The molecule has 2 rings (SSSR count). The normalized spacial score (nSPS) is 21.3. The maximum Gasteiger partial charge on any atom is 0.191 e. The summed E-state index contributed by atoms with van der Waals surface area (Å²) in [6, 6.07) is 5.21. The molecular formula is C12H13NO2. The summed E-state index contributed by atoms with van der Waals surface area (Å²) in [5.41, 5.74) is 0.415. The minimum absolute atomic E-state index is 0.0805. The van der Waals surface area contributed by atoms with Gasteiger partial charge in [0.05, 0.1) is 5.92 Å². The standard InChI is InChI=1S/C12H13NO2/c14-11-7-2-1-5-9(11)12(15)10-6-3-4-8-13-10/h3-4,6,8-9H,1-2,5,7H2. The third kappa shape index (κ3) is 2.12. The van der Waals surface area contributed by atoms with Crippen LogP contribution in [0.3, 0.4) is 0 Å².